The van der Waals surface area contributed by atoms with Crippen molar-refractivity contribution < 1.29 is 27.5 Å². The molecule has 0 aliphatic heterocycles. The Morgan fingerprint density at radius 2 is 1.70 bits per heavy atom. The van der Waals surface area contributed by atoms with E-state index in [1.165, 1.54) is 25.5 Å². The standard InChI is InChI=1S/C28H30F3N3O3/c1-19(35)15-16-32-27(36)22-9-7-20(8-10-22)17-23-18-33-34(26(23)21-5-3-2-4-6-21)24-11-13-25(14-12-24)37-28(29,30)31/h7-14,18,21H,2-6,15-17H2,1H3,(H,32,36). The van der Waals surface area contributed by atoms with E-state index in [-0.39, 0.29) is 17.4 Å². The summed E-state index contributed by atoms with van der Waals surface area (Å²) in [6.07, 6.45) is 3.52. The van der Waals surface area contributed by atoms with E-state index in [4.69, 9.17) is 0 Å². The van der Waals surface area contributed by atoms with Gasteiger partial charge in [-0.15, -0.1) is 13.2 Å². The lowest BCUT2D eigenvalue weighted by molar-refractivity contribution is -0.274. The third kappa shape index (κ3) is 7.21. The van der Waals surface area contributed by atoms with Gasteiger partial charge in [0.1, 0.15) is 11.5 Å². The zero-order valence-electron chi connectivity index (χ0n) is 20.7. The summed E-state index contributed by atoms with van der Waals surface area (Å²) in [6, 6.07) is 13.1. The van der Waals surface area contributed by atoms with Gasteiger partial charge in [0, 0.05) is 30.9 Å². The molecule has 0 atom stereocenters. The van der Waals surface area contributed by atoms with Gasteiger partial charge in [0.05, 0.1) is 17.6 Å². The van der Waals surface area contributed by atoms with Crippen LogP contribution in [0.1, 0.15) is 78.5 Å². The molecule has 1 fully saturated rings. The maximum atomic E-state index is 12.6. The van der Waals surface area contributed by atoms with Gasteiger partial charge in [-0.05, 0) is 67.3 Å². The number of nitrogens with one attached hydrogen (secondary N) is 1. The molecule has 0 unspecified atom stereocenters. The minimum atomic E-state index is -4.74. The molecule has 1 saturated carbocycles. The quantitative estimate of drug-likeness (QED) is 0.374. The molecular weight excluding hydrogens is 483 g/mol. The van der Waals surface area contributed by atoms with Crippen molar-refractivity contribution in [3.63, 3.8) is 0 Å². The molecule has 196 valence electrons. The minimum absolute atomic E-state index is 0.0237. The van der Waals surface area contributed by atoms with Crippen molar-refractivity contribution in [2.24, 2.45) is 0 Å². The number of carbonyl (C=O) groups excluding carboxylic acids is 2. The first kappa shape index (κ1) is 26.4. The van der Waals surface area contributed by atoms with Crippen molar-refractivity contribution in [2.45, 2.75) is 64.1 Å². The molecular formula is C28H30F3N3O3. The molecule has 0 spiro atoms. The number of halogens is 3. The van der Waals surface area contributed by atoms with Gasteiger partial charge in [-0.1, -0.05) is 31.4 Å². The molecule has 1 aliphatic carbocycles. The third-order valence-corrected chi connectivity index (χ3v) is 6.57. The molecule has 1 aromatic heterocycles. The highest BCUT2D eigenvalue weighted by Crippen LogP contribution is 2.36. The van der Waals surface area contributed by atoms with Gasteiger partial charge in [-0.3, -0.25) is 9.59 Å². The summed E-state index contributed by atoms with van der Waals surface area (Å²) in [5, 5.41) is 7.36. The number of carbonyl (C=O) groups is 2. The molecule has 4 rings (SSSR count). The largest absolute Gasteiger partial charge is 0.573 e. The summed E-state index contributed by atoms with van der Waals surface area (Å²) in [6.45, 7) is 1.80. The van der Waals surface area contributed by atoms with E-state index in [9.17, 15) is 22.8 Å². The zero-order chi connectivity index (χ0) is 26.4. The number of rotatable bonds is 9. The lowest BCUT2D eigenvalue weighted by Gasteiger charge is -2.24. The molecule has 6 nitrogen and oxygen atoms in total. The molecule has 1 amide bonds. The van der Waals surface area contributed by atoms with Crippen molar-refractivity contribution >= 4 is 11.7 Å². The van der Waals surface area contributed by atoms with Gasteiger partial charge in [0.2, 0.25) is 0 Å². The molecule has 2 aromatic carbocycles. The van der Waals surface area contributed by atoms with Crippen molar-refractivity contribution in [3.8, 4) is 11.4 Å². The fraction of sp³-hybridized carbons (Fsp3) is 0.393. The number of benzene rings is 2. The molecule has 9 heteroatoms. The predicted molar refractivity (Wildman–Crippen MR) is 133 cm³/mol. The number of ketones is 1. The number of aromatic nitrogens is 2. The fourth-order valence-corrected chi connectivity index (χ4v) is 4.78. The number of ether oxygens (including phenoxy) is 1. The van der Waals surface area contributed by atoms with E-state index in [0.717, 1.165) is 42.5 Å². The molecule has 1 N–H and O–H groups in total. The number of Topliss-reactive ketones (excluding diaryl/α,β-unsaturated/α-hetero) is 1. The Kier molecular flexibility index (Phi) is 8.31. The van der Waals surface area contributed by atoms with Crippen molar-refractivity contribution in [1.82, 2.24) is 15.1 Å². The van der Waals surface area contributed by atoms with Crippen molar-refractivity contribution in [1.29, 1.82) is 0 Å². The van der Waals surface area contributed by atoms with Crippen LogP contribution in [0.15, 0.2) is 54.7 Å². The van der Waals surface area contributed by atoms with E-state index in [1.807, 2.05) is 23.0 Å². The Balaban J connectivity index is 1.54. The van der Waals surface area contributed by atoms with Crippen LogP contribution < -0.4 is 10.1 Å². The van der Waals surface area contributed by atoms with Crippen LogP contribution in [-0.4, -0.2) is 34.4 Å². The SMILES string of the molecule is CC(=O)CCNC(=O)c1ccc(Cc2cnn(-c3ccc(OC(F)(F)F)cc3)c2C2CCCCC2)cc1. The van der Waals surface area contributed by atoms with Gasteiger partial charge in [0.15, 0.2) is 0 Å². The monoisotopic (exact) mass is 513 g/mol. The number of alkyl halides is 3. The molecule has 0 radical (unpaired) electrons. The highest BCUT2D eigenvalue weighted by atomic mass is 19.4. The second-order valence-corrected chi connectivity index (χ2v) is 9.43. The normalized spacial score (nSPS) is 14.4. The van der Waals surface area contributed by atoms with Crippen LogP contribution in [0.2, 0.25) is 0 Å². The second-order valence-electron chi connectivity index (χ2n) is 9.43. The highest BCUT2D eigenvalue weighted by Gasteiger charge is 2.31. The van der Waals surface area contributed by atoms with E-state index in [1.54, 1.807) is 24.3 Å². The van der Waals surface area contributed by atoms with E-state index < -0.39 is 6.36 Å². The van der Waals surface area contributed by atoms with Gasteiger partial charge in [0.25, 0.3) is 5.91 Å². The Morgan fingerprint density at radius 3 is 2.32 bits per heavy atom. The summed E-state index contributed by atoms with van der Waals surface area (Å²) in [4.78, 5) is 23.4. The molecule has 1 aliphatic rings. The predicted octanol–water partition coefficient (Wildman–Crippen LogP) is 6.12. The summed E-state index contributed by atoms with van der Waals surface area (Å²) in [7, 11) is 0. The topological polar surface area (TPSA) is 73.2 Å². The number of nitrogens with zero attached hydrogens (tertiary/aromatic N) is 2. The van der Waals surface area contributed by atoms with Gasteiger partial charge in [-0.2, -0.15) is 5.10 Å². The zero-order valence-corrected chi connectivity index (χ0v) is 20.7. The number of hydrogen-bond acceptors (Lipinski definition) is 4. The first-order chi connectivity index (χ1) is 17.7. The molecule has 37 heavy (non-hydrogen) atoms. The maximum Gasteiger partial charge on any atom is 0.573 e. The van der Waals surface area contributed by atoms with Crippen LogP contribution in [0, 0.1) is 0 Å². The Bertz CT molecular complexity index is 1210. The summed E-state index contributed by atoms with van der Waals surface area (Å²) >= 11 is 0. The Labute approximate surface area is 213 Å². The lowest BCUT2D eigenvalue weighted by Crippen LogP contribution is -2.25. The molecule has 0 saturated heterocycles. The van der Waals surface area contributed by atoms with Crippen molar-refractivity contribution in [3.05, 3.63) is 77.1 Å². The van der Waals surface area contributed by atoms with Gasteiger partial charge < -0.3 is 10.1 Å². The van der Waals surface area contributed by atoms with E-state index in [0.29, 0.717) is 36.6 Å². The first-order valence-electron chi connectivity index (χ1n) is 12.5. The van der Waals surface area contributed by atoms with Crippen LogP contribution in [-0.2, 0) is 11.2 Å². The van der Waals surface area contributed by atoms with Crippen LogP contribution in [0.3, 0.4) is 0 Å². The Morgan fingerprint density at radius 1 is 1.03 bits per heavy atom. The summed E-state index contributed by atoms with van der Waals surface area (Å²) < 4.78 is 43.5. The van der Waals surface area contributed by atoms with Crippen LogP contribution in [0.4, 0.5) is 13.2 Å². The third-order valence-electron chi connectivity index (χ3n) is 6.57. The van der Waals surface area contributed by atoms with Crippen LogP contribution in [0.5, 0.6) is 5.75 Å². The van der Waals surface area contributed by atoms with E-state index in [2.05, 4.69) is 15.2 Å². The summed E-state index contributed by atoms with van der Waals surface area (Å²) in [5.41, 5.74) is 4.36. The van der Waals surface area contributed by atoms with Crippen LogP contribution in [0.25, 0.3) is 5.69 Å². The van der Waals surface area contributed by atoms with Gasteiger partial charge in [-0.25, -0.2) is 4.68 Å². The first-order valence-corrected chi connectivity index (χ1v) is 12.5. The number of amides is 1. The Hall–Kier alpha value is -3.62. The van der Waals surface area contributed by atoms with Crippen molar-refractivity contribution in [2.75, 3.05) is 6.54 Å². The second kappa shape index (κ2) is 11.6. The molecule has 1 heterocycles. The molecule has 3 aromatic rings. The fourth-order valence-electron chi connectivity index (χ4n) is 4.78. The van der Waals surface area contributed by atoms with E-state index >= 15 is 0 Å². The number of hydrogen-bond donors (Lipinski definition) is 1. The highest BCUT2D eigenvalue weighted by molar-refractivity contribution is 5.94. The minimum Gasteiger partial charge on any atom is -0.406 e. The average molecular weight is 514 g/mol. The van der Waals surface area contributed by atoms with Crippen LogP contribution >= 0.6 is 0 Å². The molecule has 0 bridgehead atoms. The van der Waals surface area contributed by atoms with Gasteiger partial charge >= 0.3 is 6.36 Å². The summed E-state index contributed by atoms with van der Waals surface area (Å²) in [5.74, 6) is -0.158. The average Bonchev–Trinajstić information content (AvgIpc) is 3.27. The maximum absolute atomic E-state index is 12.6. The smallest absolute Gasteiger partial charge is 0.406 e. The lowest BCUT2D eigenvalue weighted by atomic mass is 9.84.